The average Bonchev–Trinajstić information content (AvgIpc) is 2.34. The normalized spacial score (nSPS) is 12.6. The van der Waals surface area contributed by atoms with Crippen molar-refractivity contribution in [2.45, 2.75) is 45.4 Å². The summed E-state index contributed by atoms with van der Waals surface area (Å²) >= 11 is 0. The Hall–Kier alpha value is -0.820. The Morgan fingerprint density at radius 1 is 1.06 bits per heavy atom. The molecule has 0 saturated heterocycles. The second-order valence-electron chi connectivity index (χ2n) is 4.56. The van der Waals surface area contributed by atoms with Gasteiger partial charge in [-0.25, -0.2) is 0 Å². The molecule has 0 unspecified atom stereocenters. The lowest BCUT2D eigenvalue weighted by Gasteiger charge is -2.16. The first kappa shape index (κ1) is 13.2. The lowest BCUT2D eigenvalue weighted by molar-refractivity contribution is 0.267. The molecule has 0 aliphatic heterocycles. The van der Waals surface area contributed by atoms with Gasteiger partial charge in [-0.1, -0.05) is 56.5 Å². The van der Waals surface area contributed by atoms with Crippen LogP contribution in [0.5, 0.6) is 0 Å². The Morgan fingerprint density at radius 3 is 2.38 bits per heavy atom. The van der Waals surface area contributed by atoms with E-state index >= 15 is 0 Å². The maximum absolute atomic E-state index is 8.91. The minimum absolute atomic E-state index is 0.331. The Balaban J connectivity index is 2.42. The Morgan fingerprint density at radius 2 is 1.75 bits per heavy atom. The molecule has 0 aliphatic rings. The van der Waals surface area contributed by atoms with Crippen molar-refractivity contribution < 1.29 is 5.11 Å². The van der Waals surface area contributed by atoms with Crippen molar-refractivity contribution in [2.24, 2.45) is 5.92 Å². The maximum Gasteiger partial charge on any atom is 0.0431 e. The lowest BCUT2D eigenvalue weighted by Crippen LogP contribution is -2.06. The van der Waals surface area contributed by atoms with E-state index < -0.39 is 0 Å². The van der Waals surface area contributed by atoms with Gasteiger partial charge in [0.1, 0.15) is 0 Å². The van der Waals surface area contributed by atoms with Crippen molar-refractivity contribution in [3.63, 3.8) is 0 Å². The molecule has 1 aromatic rings. The first-order chi connectivity index (χ1) is 7.86. The monoisotopic (exact) mass is 220 g/mol. The second-order valence-corrected chi connectivity index (χ2v) is 4.56. The highest BCUT2D eigenvalue weighted by atomic mass is 16.2. The molecule has 0 bridgehead atoms. The molecule has 0 aliphatic carbocycles. The molecule has 0 fully saturated rings. The van der Waals surface area contributed by atoms with Crippen LogP contribution in [-0.2, 0) is 6.42 Å². The highest BCUT2D eigenvalue weighted by Gasteiger charge is 2.08. The van der Waals surface area contributed by atoms with Gasteiger partial charge in [0.25, 0.3) is 0 Å². The van der Waals surface area contributed by atoms with Crippen molar-refractivity contribution in [1.29, 1.82) is 0 Å². The third-order valence-corrected chi connectivity index (χ3v) is 3.10. The summed E-state index contributed by atoms with van der Waals surface area (Å²) in [6.07, 6.45) is 7.15. The number of benzene rings is 1. The van der Waals surface area contributed by atoms with Crippen LogP contribution in [0.15, 0.2) is 30.3 Å². The van der Waals surface area contributed by atoms with Crippen LogP contribution < -0.4 is 0 Å². The highest BCUT2D eigenvalue weighted by Crippen LogP contribution is 2.20. The van der Waals surface area contributed by atoms with Gasteiger partial charge in [-0.2, -0.15) is 0 Å². The molecular formula is C15H24O. The van der Waals surface area contributed by atoms with E-state index in [-0.39, 0.29) is 0 Å². The molecule has 1 rings (SSSR count). The van der Waals surface area contributed by atoms with Crippen molar-refractivity contribution in [2.75, 3.05) is 6.61 Å². The number of hydrogen-bond donors (Lipinski definition) is 1. The highest BCUT2D eigenvalue weighted by molar-refractivity contribution is 5.15. The molecule has 1 atom stereocenters. The smallest absolute Gasteiger partial charge is 0.0431 e. The molecule has 0 radical (unpaired) electrons. The van der Waals surface area contributed by atoms with Crippen LogP contribution in [0.4, 0.5) is 0 Å². The molecule has 1 aromatic carbocycles. The number of rotatable bonds is 8. The largest absolute Gasteiger partial charge is 0.396 e. The Labute approximate surface area is 99.5 Å². The number of aliphatic hydroxyl groups excluding tert-OH is 1. The summed E-state index contributed by atoms with van der Waals surface area (Å²) in [6, 6.07) is 10.7. The van der Waals surface area contributed by atoms with E-state index in [1.165, 1.54) is 31.2 Å². The molecule has 1 heteroatoms. The first-order valence-corrected chi connectivity index (χ1v) is 6.51. The zero-order chi connectivity index (χ0) is 11.6. The fourth-order valence-electron chi connectivity index (χ4n) is 2.17. The van der Waals surface area contributed by atoms with E-state index in [4.69, 9.17) is 5.11 Å². The summed E-state index contributed by atoms with van der Waals surface area (Å²) < 4.78 is 0. The molecular weight excluding hydrogens is 196 g/mol. The molecule has 0 aromatic heterocycles. The van der Waals surface area contributed by atoms with E-state index in [1.807, 2.05) is 0 Å². The third kappa shape index (κ3) is 5.32. The lowest BCUT2D eigenvalue weighted by atomic mass is 9.90. The summed E-state index contributed by atoms with van der Waals surface area (Å²) in [7, 11) is 0. The fourth-order valence-corrected chi connectivity index (χ4v) is 2.17. The van der Waals surface area contributed by atoms with E-state index in [9.17, 15) is 0 Å². The minimum Gasteiger partial charge on any atom is -0.396 e. The van der Waals surface area contributed by atoms with Gasteiger partial charge < -0.3 is 5.11 Å². The molecule has 1 N–H and O–H groups in total. The zero-order valence-corrected chi connectivity index (χ0v) is 10.4. The quantitative estimate of drug-likeness (QED) is 0.706. The minimum atomic E-state index is 0.331. The van der Waals surface area contributed by atoms with Gasteiger partial charge >= 0.3 is 0 Å². The second kappa shape index (κ2) is 8.35. The predicted octanol–water partition coefficient (Wildman–Crippen LogP) is 3.81. The summed E-state index contributed by atoms with van der Waals surface area (Å²) in [6.45, 7) is 2.57. The van der Waals surface area contributed by atoms with Gasteiger partial charge in [-0.05, 0) is 30.7 Å². The SMILES string of the molecule is CCCC[C@H](CCCO)Cc1ccccc1. The Bertz CT molecular complexity index is 247. The van der Waals surface area contributed by atoms with Gasteiger partial charge in [0.2, 0.25) is 0 Å². The first-order valence-electron chi connectivity index (χ1n) is 6.51. The van der Waals surface area contributed by atoms with Crippen LogP contribution >= 0.6 is 0 Å². The van der Waals surface area contributed by atoms with Crippen molar-refractivity contribution in [1.82, 2.24) is 0 Å². The maximum atomic E-state index is 8.91. The van der Waals surface area contributed by atoms with Gasteiger partial charge in [0.15, 0.2) is 0 Å². The summed E-state index contributed by atoms with van der Waals surface area (Å²) in [4.78, 5) is 0. The molecule has 0 spiro atoms. The zero-order valence-electron chi connectivity index (χ0n) is 10.4. The van der Waals surface area contributed by atoms with Gasteiger partial charge in [0.05, 0.1) is 0 Å². The number of hydrogen-bond acceptors (Lipinski definition) is 1. The van der Waals surface area contributed by atoms with Crippen LogP contribution in [-0.4, -0.2) is 11.7 Å². The molecule has 90 valence electrons. The Kier molecular flexibility index (Phi) is 6.91. The molecule has 0 amide bonds. The van der Waals surface area contributed by atoms with Crippen LogP contribution in [0.1, 0.15) is 44.6 Å². The summed E-state index contributed by atoms with van der Waals surface area (Å²) in [5.74, 6) is 0.745. The molecule has 16 heavy (non-hydrogen) atoms. The molecule has 0 saturated carbocycles. The standard InChI is InChI=1S/C15H24O/c1-2-3-8-14(11-7-12-16)13-15-9-5-4-6-10-15/h4-6,9-10,14,16H,2-3,7-8,11-13H2,1H3/t14-/m1/s1. The van der Waals surface area contributed by atoms with Gasteiger partial charge in [-0.15, -0.1) is 0 Å². The fraction of sp³-hybridized carbons (Fsp3) is 0.600. The number of aliphatic hydroxyl groups is 1. The van der Waals surface area contributed by atoms with Crippen molar-refractivity contribution >= 4 is 0 Å². The average molecular weight is 220 g/mol. The number of unbranched alkanes of at least 4 members (excludes halogenated alkanes) is 1. The van der Waals surface area contributed by atoms with E-state index in [0.717, 1.165) is 18.8 Å². The van der Waals surface area contributed by atoms with Gasteiger partial charge in [0, 0.05) is 6.61 Å². The topological polar surface area (TPSA) is 20.2 Å². The summed E-state index contributed by atoms with van der Waals surface area (Å²) in [5.41, 5.74) is 1.43. The predicted molar refractivity (Wildman–Crippen MR) is 69.5 cm³/mol. The van der Waals surface area contributed by atoms with Crippen LogP contribution in [0.3, 0.4) is 0 Å². The van der Waals surface area contributed by atoms with E-state index in [0.29, 0.717) is 6.61 Å². The summed E-state index contributed by atoms with van der Waals surface area (Å²) in [5, 5.41) is 8.91. The van der Waals surface area contributed by atoms with Crippen LogP contribution in [0, 0.1) is 5.92 Å². The van der Waals surface area contributed by atoms with Gasteiger partial charge in [-0.3, -0.25) is 0 Å². The van der Waals surface area contributed by atoms with Crippen LogP contribution in [0.25, 0.3) is 0 Å². The van der Waals surface area contributed by atoms with E-state index in [1.54, 1.807) is 0 Å². The molecule has 0 heterocycles. The van der Waals surface area contributed by atoms with E-state index in [2.05, 4.69) is 37.3 Å². The van der Waals surface area contributed by atoms with Crippen molar-refractivity contribution in [3.05, 3.63) is 35.9 Å². The van der Waals surface area contributed by atoms with Crippen LogP contribution in [0.2, 0.25) is 0 Å². The van der Waals surface area contributed by atoms with Crippen molar-refractivity contribution in [3.8, 4) is 0 Å². The third-order valence-electron chi connectivity index (χ3n) is 3.10. The molecule has 1 nitrogen and oxygen atoms in total.